The van der Waals surface area contributed by atoms with Crippen LogP contribution in [-0.4, -0.2) is 68.6 Å². The van der Waals surface area contributed by atoms with E-state index in [1.807, 2.05) is 44.7 Å². The lowest BCUT2D eigenvalue weighted by Crippen LogP contribution is -2.68. The molecule has 9 nitrogen and oxygen atoms in total. The predicted octanol–water partition coefficient (Wildman–Crippen LogP) is 3.69. The van der Waals surface area contributed by atoms with Crippen molar-refractivity contribution in [2.24, 2.45) is 23.7 Å². The number of aromatic nitrogens is 1. The Labute approximate surface area is 241 Å². The van der Waals surface area contributed by atoms with Crippen LogP contribution in [0.5, 0.6) is 0 Å². The van der Waals surface area contributed by atoms with E-state index in [9.17, 15) is 19.5 Å². The van der Waals surface area contributed by atoms with E-state index in [0.29, 0.717) is 25.8 Å². The molecule has 41 heavy (non-hydrogen) atoms. The zero-order valence-corrected chi connectivity index (χ0v) is 24.6. The van der Waals surface area contributed by atoms with Crippen molar-refractivity contribution in [3.05, 3.63) is 41.1 Å². The van der Waals surface area contributed by atoms with Crippen LogP contribution in [0.2, 0.25) is 0 Å². The molecule has 0 radical (unpaired) electrons. The van der Waals surface area contributed by atoms with Gasteiger partial charge in [-0.25, -0.2) is 10.3 Å². The first-order valence-corrected chi connectivity index (χ1v) is 15.1. The number of H-pyrrole nitrogens is 1. The Morgan fingerprint density at radius 3 is 2.73 bits per heavy atom. The quantitative estimate of drug-likeness (QED) is 0.465. The van der Waals surface area contributed by atoms with Gasteiger partial charge in [-0.3, -0.25) is 14.4 Å². The van der Waals surface area contributed by atoms with Crippen molar-refractivity contribution in [3.63, 3.8) is 0 Å². The number of aromatic amines is 1. The highest BCUT2D eigenvalue weighted by atomic mass is 16.7. The molecule has 2 aromatic rings. The van der Waals surface area contributed by atoms with Gasteiger partial charge in [-0.2, -0.15) is 0 Å². The van der Waals surface area contributed by atoms with Gasteiger partial charge >= 0.3 is 0 Å². The van der Waals surface area contributed by atoms with Gasteiger partial charge in [0.15, 0.2) is 6.23 Å². The molecular formula is C32H42N4O5. The average molecular weight is 563 g/mol. The van der Waals surface area contributed by atoms with Crippen molar-refractivity contribution < 1.29 is 24.3 Å². The number of amides is 3. The summed E-state index contributed by atoms with van der Waals surface area (Å²) in [6.45, 7) is 10.4. The van der Waals surface area contributed by atoms with Crippen molar-refractivity contribution >= 4 is 34.2 Å². The van der Waals surface area contributed by atoms with Crippen LogP contribution in [0.15, 0.2) is 24.3 Å². The SMILES string of the molecule is Cc1[nH]c2cccc3c2c1C[C@@H]1C3=C[C@@H](C(=O)NOC2[C@@H]3CCCN3C(=O)[C@H](CC(C)C)N2C(=O)C(C)C)CC1O. The average Bonchev–Trinajstić information content (AvgIpc) is 3.54. The molecule has 6 atom stereocenters. The van der Waals surface area contributed by atoms with E-state index in [1.165, 1.54) is 10.9 Å². The summed E-state index contributed by atoms with van der Waals surface area (Å²) in [5.74, 6) is -1.30. The van der Waals surface area contributed by atoms with Gasteiger partial charge < -0.3 is 19.9 Å². The number of carbonyl (C=O) groups is 3. The lowest BCUT2D eigenvalue weighted by atomic mass is 9.70. The largest absolute Gasteiger partial charge is 0.392 e. The molecule has 2 fully saturated rings. The Morgan fingerprint density at radius 2 is 2.00 bits per heavy atom. The molecule has 0 saturated carbocycles. The maximum atomic E-state index is 13.6. The Balaban J connectivity index is 1.27. The van der Waals surface area contributed by atoms with Crippen molar-refractivity contribution in [1.29, 1.82) is 0 Å². The summed E-state index contributed by atoms with van der Waals surface area (Å²) in [6, 6.07) is 5.21. The zero-order valence-electron chi connectivity index (χ0n) is 24.6. The van der Waals surface area contributed by atoms with E-state index >= 15 is 0 Å². The topological polar surface area (TPSA) is 115 Å². The third kappa shape index (κ3) is 4.67. The molecular weight excluding hydrogens is 520 g/mol. The summed E-state index contributed by atoms with van der Waals surface area (Å²) in [5.41, 5.74) is 8.17. The molecule has 2 unspecified atom stereocenters. The molecule has 3 amide bonds. The first-order valence-electron chi connectivity index (χ1n) is 15.1. The number of hydrogen-bond acceptors (Lipinski definition) is 5. The molecule has 2 saturated heterocycles. The number of carbonyl (C=O) groups excluding carboxylic acids is 3. The highest BCUT2D eigenvalue weighted by Gasteiger charge is 2.52. The van der Waals surface area contributed by atoms with E-state index in [1.54, 1.807) is 4.90 Å². The number of hydrogen-bond donors (Lipinski definition) is 3. The van der Waals surface area contributed by atoms with E-state index in [2.05, 4.69) is 29.5 Å². The molecule has 2 aliphatic heterocycles. The van der Waals surface area contributed by atoms with Crippen molar-refractivity contribution in [2.75, 3.05) is 6.54 Å². The molecule has 0 bridgehead atoms. The summed E-state index contributed by atoms with van der Waals surface area (Å²) in [5, 5.41) is 12.4. The molecule has 0 spiro atoms. The summed E-state index contributed by atoms with van der Waals surface area (Å²) >= 11 is 0. The number of nitrogens with zero attached hydrogens (tertiary/aromatic N) is 2. The van der Waals surface area contributed by atoms with Crippen LogP contribution < -0.4 is 5.48 Å². The number of nitrogens with one attached hydrogen (secondary N) is 2. The highest BCUT2D eigenvalue weighted by Crippen LogP contribution is 2.46. The number of hydroxylamine groups is 1. The van der Waals surface area contributed by atoms with Gasteiger partial charge in [0.2, 0.25) is 11.8 Å². The van der Waals surface area contributed by atoms with Crippen molar-refractivity contribution in [1.82, 2.24) is 20.3 Å². The number of rotatable bonds is 6. The monoisotopic (exact) mass is 562 g/mol. The summed E-state index contributed by atoms with van der Waals surface area (Å²) in [4.78, 5) is 53.6. The number of fused-ring (bicyclic) bond motifs is 3. The molecule has 3 heterocycles. The first kappa shape index (κ1) is 28.0. The smallest absolute Gasteiger partial charge is 0.250 e. The lowest BCUT2D eigenvalue weighted by molar-refractivity contribution is -0.202. The minimum absolute atomic E-state index is 0.0293. The highest BCUT2D eigenvalue weighted by molar-refractivity contribution is 5.99. The molecule has 1 aromatic carbocycles. The van der Waals surface area contributed by atoms with Gasteiger partial charge in [-0.1, -0.05) is 45.9 Å². The summed E-state index contributed by atoms with van der Waals surface area (Å²) < 4.78 is 0. The van der Waals surface area contributed by atoms with Gasteiger partial charge in [0.1, 0.15) is 6.04 Å². The maximum Gasteiger partial charge on any atom is 0.250 e. The van der Waals surface area contributed by atoms with Gasteiger partial charge in [0.05, 0.1) is 18.1 Å². The van der Waals surface area contributed by atoms with Crippen LogP contribution in [0.3, 0.4) is 0 Å². The lowest BCUT2D eigenvalue weighted by Gasteiger charge is -2.48. The van der Waals surface area contributed by atoms with Crippen LogP contribution in [0.25, 0.3) is 16.5 Å². The van der Waals surface area contributed by atoms with Crippen LogP contribution in [0.4, 0.5) is 0 Å². The van der Waals surface area contributed by atoms with Crippen molar-refractivity contribution in [3.8, 4) is 0 Å². The van der Waals surface area contributed by atoms with Gasteiger partial charge in [-0.15, -0.1) is 0 Å². The second-order valence-electron chi connectivity index (χ2n) is 13.1. The normalized spacial score (nSPS) is 29.2. The Bertz CT molecular complexity index is 1410. The maximum absolute atomic E-state index is 13.6. The fraction of sp³-hybridized carbons (Fsp3) is 0.594. The van der Waals surface area contributed by atoms with Crippen LogP contribution >= 0.6 is 0 Å². The van der Waals surface area contributed by atoms with E-state index in [-0.39, 0.29) is 41.5 Å². The Morgan fingerprint density at radius 1 is 1.22 bits per heavy atom. The number of piperazine rings is 1. The van der Waals surface area contributed by atoms with E-state index in [0.717, 1.165) is 35.2 Å². The Hall–Kier alpha value is -3.17. The van der Waals surface area contributed by atoms with E-state index in [4.69, 9.17) is 4.84 Å². The van der Waals surface area contributed by atoms with Crippen molar-refractivity contribution in [2.45, 2.75) is 91.1 Å². The van der Waals surface area contributed by atoms with Gasteiger partial charge in [0.25, 0.3) is 5.91 Å². The molecule has 2 aliphatic carbocycles. The number of aryl methyl sites for hydroxylation is 1. The minimum atomic E-state index is -0.763. The molecule has 3 N–H and O–H groups in total. The molecule has 1 aromatic heterocycles. The third-order valence-corrected chi connectivity index (χ3v) is 9.48. The number of aliphatic hydroxyl groups is 1. The standard InChI is InChI=1S/C32H42N4O5/c1-16(2)12-26-31(40)35-11-7-10-25(35)32(36(26)30(39)17(3)4)41-34-29(38)19-13-22-20-8-6-9-24-28(20)21(18(5)33-24)15-23(22)27(37)14-19/h6,8-9,13,16-17,19,23,25-27,32-33,37H,7,10-12,14-15H2,1-5H3,(H,34,38)/t19-,23-,25+,26+,27?,32?/m1/s1. The fourth-order valence-electron chi connectivity index (χ4n) is 7.52. The predicted molar refractivity (Wildman–Crippen MR) is 155 cm³/mol. The molecule has 220 valence electrons. The summed E-state index contributed by atoms with van der Waals surface area (Å²) in [6.07, 6.45) is 3.65. The Kier molecular flexibility index (Phi) is 7.22. The molecule has 4 aliphatic rings. The number of benzene rings is 1. The third-order valence-electron chi connectivity index (χ3n) is 9.48. The van der Waals surface area contributed by atoms with Crippen LogP contribution in [0, 0.1) is 30.6 Å². The summed E-state index contributed by atoms with van der Waals surface area (Å²) in [7, 11) is 0. The van der Waals surface area contributed by atoms with Gasteiger partial charge in [0, 0.05) is 35.0 Å². The number of aliphatic hydroxyl groups excluding tert-OH is 1. The zero-order chi connectivity index (χ0) is 29.2. The first-order chi connectivity index (χ1) is 19.6. The molecule has 6 rings (SSSR count). The fourth-order valence-corrected chi connectivity index (χ4v) is 7.52. The van der Waals surface area contributed by atoms with E-state index < -0.39 is 24.3 Å². The minimum Gasteiger partial charge on any atom is -0.392 e. The van der Waals surface area contributed by atoms with Crippen LogP contribution in [-0.2, 0) is 25.6 Å². The van der Waals surface area contributed by atoms with Gasteiger partial charge in [-0.05, 0) is 67.7 Å². The second kappa shape index (κ2) is 10.6. The molecule has 9 heteroatoms. The van der Waals surface area contributed by atoms with Crippen LogP contribution in [0.1, 0.15) is 70.2 Å². The second-order valence-corrected chi connectivity index (χ2v) is 13.1.